The van der Waals surface area contributed by atoms with Gasteiger partial charge in [0, 0.05) is 21.8 Å². The van der Waals surface area contributed by atoms with E-state index in [0.29, 0.717) is 27.3 Å². The molecule has 0 saturated heterocycles. The molecule has 0 aliphatic heterocycles. The van der Waals surface area contributed by atoms with E-state index < -0.39 is 11.2 Å². The SMILES string of the molecule is COc1cccc(-n2c(=O)c3sc4ccccc4c3n(CC(=O)Nc3cc(C)cc(C)c3)c2=O)c1. The minimum absolute atomic E-state index is 0.243. The second-order valence-corrected chi connectivity index (χ2v) is 9.46. The first-order valence-corrected chi connectivity index (χ1v) is 11.9. The van der Waals surface area contributed by atoms with E-state index in [4.69, 9.17) is 4.74 Å². The number of nitrogens with one attached hydrogen (secondary N) is 1. The fraction of sp³-hybridized carbons (Fsp3) is 0.148. The number of thiophene rings is 1. The van der Waals surface area contributed by atoms with Gasteiger partial charge in [-0.25, -0.2) is 9.36 Å². The molecule has 0 unspecified atom stereocenters. The van der Waals surface area contributed by atoms with Crippen molar-refractivity contribution in [1.82, 2.24) is 9.13 Å². The minimum Gasteiger partial charge on any atom is -0.497 e. The third-order valence-electron chi connectivity index (χ3n) is 5.78. The standard InChI is InChI=1S/C27H23N3O4S/c1-16-11-17(2)13-18(12-16)28-23(31)15-29-24-21-9-4-5-10-22(21)35-25(24)26(32)30(27(29)33)19-7-6-8-20(14-19)34-3/h4-14H,15H2,1-3H3,(H,28,31). The van der Waals surface area contributed by atoms with Gasteiger partial charge in [0.25, 0.3) is 5.56 Å². The van der Waals surface area contributed by atoms with Crippen LogP contribution in [0.1, 0.15) is 11.1 Å². The maximum Gasteiger partial charge on any atom is 0.336 e. The number of anilines is 1. The third-order valence-corrected chi connectivity index (χ3v) is 6.93. The summed E-state index contributed by atoms with van der Waals surface area (Å²) >= 11 is 1.31. The Labute approximate surface area is 204 Å². The second-order valence-electron chi connectivity index (χ2n) is 8.41. The summed E-state index contributed by atoms with van der Waals surface area (Å²) in [7, 11) is 1.52. The molecule has 1 amide bonds. The Morgan fingerprint density at radius 3 is 2.46 bits per heavy atom. The van der Waals surface area contributed by atoms with Crippen molar-refractivity contribution >= 4 is 43.2 Å². The van der Waals surface area contributed by atoms with Crippen molar-refractivity contribution in [2.45, 2.75) is 20.4 Å². The molecule has 5 aromatic rings. The molecule has 1 N–H and O–H groups in total. The van der Waals surface area contributed by atoms with Crippen molar-refractivity contribution in [1.29, 1.82) is 0 Å². The number of hydrogen-bond donors (Lipinski definition) is 1. The molecule has 5 rings (SSSR count). The predicted octanol–water partition coefficient (Wildman–Crippen LogP) is 4.63. The number of nitrogens with zero attached hydrogens (tertiary/aromatic N) is 2. The van der Waals surface area contributed by atoms with Gasteiger partial charge in [-0.1, -0.05) is 30.3 Å². The van der Waals surface area contributed by atoms with Gasteiger partial charge in [0.05, 0.1) is 18.3 Å². The lowest BCUT2D eigenvalue weighted by molar-refractivity contribution is -0.116. The molecule has 176 valence electrons. The van der Waals surface area contributed by atoms with Crippen LogP contribution in [0.5, 0.6) is 5.75 Å². The third kappa shape index (κ3) is 4.13. The van der Waals surface area contributed by atoms with Crippen LogP contribution in [-0.4, -0.2) is 22.2 Å². The van der Waals surface area contributed by atoms with Crippen LogP contribution in [0.15, 0.2) is 76.3 Å². The molecule has 0 fully saturated rings. The molecule has 0 radical (unpaired) electrons. The molecular weight excluding hydrogens is 462 g/mol. The monoisotopic (exact) mass is 485 g/mol. The van der Waals surface area contributed by atoms with E-state index in [2.05, 4.69) is 5.32 Å². The number of carbonyl (C=O) groups excluding carboxylic acids is 1. The minimum atomic E-state index is -0.588. The maximum absolute atomic E-state index is 13.8. The van der Waals surface area contributed by atoms with E-state index in [1.165, 1.54) is 23.0 Å². The fourth-order valence-electron chi connectivity index (χ4n) is 4.36. The average Bonchev–Trinajstić information content (AvgIpc) is 3.21. The summed E-state index contributed by atoms with van der Waals surface area (Å²) in [5, 5.41) is 3.66. The number of amides is 1. The van der Waals surface area contributed by atoms with Gasteiger partial charge in [-0.2, -0.15) is 0 Å². The number of aromatic nitrogens is 2. The lowest BCUT2D eigenvalue weighted by Crippen LogP contribution is -2.40. The van der Waals surface area contributed by atoms with E-state index >= 15 is 0 Å². The number of ether oxygens (including phenoxy) is 1. The quantitative estimate of drug-likeness (QED) is 0.394. The molecule has 7 nitrogen and oxygen atoms in total. The highest BCUT2D eigenvalue weighted by Crippen LogP contribution is 2.31. The first kappa shape index (κ1) is 22.6. The van der Waals surface area contributed by atoms with Crippen LogP contribution < -0.4 is 21.3 Å². The molecule has 8 heteroatoms. The summed E-state index contributed by atoms with van der Waals surface area (Å²) in [6, 6.07) is 20.0. The van der Waals surface area contributed by atoms with Crippen molar-refractivity contribution in [3.05, 3.63) is 98.7 Å². The Balaban J connectivity index is 1.71. The highest BCUT2D eigenvalue weighted by Gasteiger charge is 2.21. The highest BCUT2D eigenvalue weighted by molar-refractivity contribution is 7.25. The van der Waals surface area contributed by atoms with E-state index in [1.54, 1.807) is 24.3 Å². The van der Waals surface area contributed by atoms with Crippen molar-refractivity contribution in [3.63, 3.8) is 0 Å². The molecule has 3 aromatic carbocycles. The summed E-state index contributed by atoms with van der Waals surface area (Å²) in [4.78, 5) is 40.4. The van der Waals surface area contributed by atoms with Crippen LogP contribution in [-0.2, 0) is 11.3 Å². The molecule has 0 bridgehead atoms. The smallest absolute Gasteiger partial charge is 0.336 e. The number of carbonyl (C=O) groups is 1. The Morgan fingerprint density at radius 2 is 1.71 bits per heavy atom. The number of methoxy groups -OCH3 is 1. The largest absolute Gasteiger partial charge is 0.497 e. The summed E-state index contributed by atoms with van der Waals surface area (Å²) in [6.07, 6.45) is 0. The van der Waals surface area contributed by atoms with Gasteiger partial charge in [-0.3, -0.25) is 14.2 Å². The molecular formula is C27H23N3O4S. The Morgan fingerprint density at radius 1 is 0.971 bits per heavy atom. The summed E-state index contributed by atoms with van der Waals surface area (Å²) in [5.41, 5.74) is 2.54. The van der Waals surface area contributed by atoms with E-state index in [1.807, 2.05) is 56.3 Å². The molecule has 0 spiro atoms. The van der Waals surface area contributed by atoms with Crippen LogP contribution in [0.4, 0.5) is 5.69 Å². The van der Waals surface area contributed by atoms with Gasteiger partial charge in [0.15, 0.2) is 0 Å². The number of hydrogen-bond acceptors (Lipinski definition) is 5. The molecule has 0 atom stereocenters. The van der Waals surface area contributed by atoms with Gasteiger partial charge in [-0.15, -0.1) is 11.3 Å². The zero-order chi connectivity index (χ0) is 24.7. The maximum atomic E-state index is 13.8. The first-order valence-electron chi connectivity index (χ1n) is 11.1. The fourth-order valence-corrected chi connectivity index (χ4v) is 5.50. The van der Waals surface area contributed by atoms with Crippen LogP contribution in [0.25, 0.3) is 26.0 Å². The van der Waals surface area contributed by atoms with Crippen LogP contribution >= 0.6 is 11.3 Å². The van der Waals surface area contributed by atoms with Crippen LogP contribution in [0, 0.1) is 13.8 Å². The Hall–Kier alpha value is -4.17. The molecule has 2 aromatic heterocycles. The van der Waals surface area contributed by atoms with Crippen molar-refractivity contribution < 1.29 is 9.53 Å². The number of fused-ring (bicyclic) bond motifs is 3. The Bertz CT molecular complexity index is 1710. The van der Waals surface area contributed by atoms with E-state index in [0.717, 1.165) is 25.8 Å². The molecule has 35 heavy (non-hydrogen) atoms. The predicted molar refractivity (Wildman–Crippen MR) is 140 cm³/mol. The molecule has 0 aliphatic carbocycles. The molecule has 0 saturated carbocycles. The summed E-state index contributed by atoms with van der Waals surface area (Å²) in [6.45, 7) is 3.67. The van der Waals surface area contributed by atoms with Gasteiger partial charge in [0.2, 0.25) is 5.91 Å². The van der Waals surface area contributed by atoms with Gasteiger partial charge >= 0.3 is 5.69 Å². The second kappa shape index (κ2) is 8.88. The van der Waals surface area contributed by atoms with Crippen molar-refractivity contribution in [3.8, 4) is 11.4 Å². The number of benzene rings is 3. The van der Waals surface area contributed by atoms with Crippen molar-refractivity contribution in [2.24, 2.45) is 0 Å². The van der Waals surface area contributed by atoms with Gasteiger partial charge in [0.1, 0.15) is 17.0 Å². The zero-order valence-electron chi connectivity index (χ0n) is 19.5. The van der Waals surface area contributed by atoms with Crippen LogP contribution in [0.3, 0.4) is 0 Å². The van der Waals surface area contributed by atoms with Gasteiger partial charge < -0.3 is 10.1 Å². The lowest BCUT2D eigenvalue weighted by atomic mass is 10.1. The number of aryl methyl sites for hydroxylation is 2. The summed E-state index contributed by atoms with van der Waals surface area (Å²) < 4.78 is 9.05. The molecule has 0 aliphatic rings. The van der Waals surface area contributed by atoms with Crippen molar-refractivity contribution in [2.75, 3.05) is 12.4 Å². The molecule has 2 heterocycles. The topological polar surface area (TPSA) is 82.3 Å². The van der Waals surface area contributed by atoms with Gasteiger partial charge in [-0.05, 0) is 55.3 Å². The van der Waals surface area contributed by atoms with Crippen LogP contribution in [0.2, 0.25) is 0 Å². The zero-order valence-corrected chi connectivity index (χ0v) is 20.3. The normalized spacial score (nSPS) is 11.2. The summed E-state index contributed by atoms with van der Waals surface area (Å²) in [5.74, 6) is 0.161. The van der Waals surface area contributed by atoms with E-state index in [-0.39, 0.29) is 12.5 Å². The lowest BCUT2D eigenvalue weighted by Gasteiger charge is -2.14. The number of rotatable bonds is 5. The first-order chi connectivity index (χ1) is 16.9. The average molecular weight is 486 g/mol. The Kier molecular flexibility index (Phi) is 5.74. The highest BCUT2D eigenvalue weighted by atomic mass is 32.1. The van der Waals surface area contributed by atoms with E-state index in [9.17, 15) is 14.4 Å².